The van der Waals surface area contributed by atoms with Crippen LogP contribution in [-0.4, -0.2) is 22.9 Å². The first-order chi connectivity index (χ1) is 10.7. The average Bonchev–Trinajstić information content (AvgIpc) is 2.82. The number of hydrogen-bond donors (Lipinski definition) is 1. The van der Waals surface area contributed by atoms with E-state index < -0.39 is 6.04 Å². The van der Waals surface area contributed by atoms with Crippen LogP contribution in [0.4, 0.5) is 4.79 Å². The van der Waals surface area contributed by atoms with E-state index in [4.69, 9.17) is 0 Å². The summed E-state index contributed by atoms with van der Waals surface area (Å²) in [5, 5.41) is 2.78. The molecule has 1 saturated heterocycles. The summed E-state index contributed by atoms with van der Waals surface area (Å²) in [7, 11) is 0. The number of imide groups is 1. The molecule has 0 aliphatic carbocycles. The van der Waals surface area contributed by atoms with Gasteiger partial charge in [-0.1, -0.05) is 60.7 Å². The summed E-state index contributed by atoms with van der Waals surface area (Å²) in [6.07, 6.45) is 1.40. The summed E-state index contributed by atoms with van der Waals surface area (Å²) in [6.45, 7) is 0.327. The van der Waals surface area contributed by atoms with Crippen molar-refractivity contribution in [2.75, 3.05) is 0 Å². The Balaban J connectivity index is 1.61. The van der Waals surface area contributed by atoms with Crippen molar-refractivity contribution in [3.63, 3.8) is 0 Å². The summed E-state index contributed by atoms with van der Waals surface area (Å²) in [5.74, 6) is -0.134. The van der Waals surface area contributed by atoms with Gasteiger partial charge < -0.3 is 5.32 Å². The van der Waals surface area contributed by atoms with Crippen LogP contribution >= 0.6 is 0 Å². The van der Waals surface area contributed by atoms with Crippen LogP contribution in [0, 0.1) is 0 Å². The van der Waals surface area contributed by atoms with Crippen molar-refractivity contribution in [3.05, 3.63) is 71.8 Å². The van der Waals surface area contributed by atoms with E-state index in [0.717, 1.165) is 12.0 Å². The molecule has 0 unspecified atom stereocenters. The number of hydrogen-bond acceptors (Lipinski definition) is 2. The zero-order valence-electron chi connectivity index (χ0n) is 12.2. The molecule has 2 aromatic carbocycles. The van der Waals surface area contributed by atoms with Gasteiger partial charge in [0.2, 0.25) is 0 Å². The molecule has 0 saturated carbocycles. The molecule has 1 heterocycles. The molecule has 0 bridgehead atoms. The smallest absolute Gasteiger partial charge is 0.325 e. The number of carbonyl (C=O) groups excluding carboxylic acids is 2. The highest BCUT2D eigenvalue weighted by atomic mass is 16.2. The predicted octanol–water partition coefficient (Wildman–Crippen LogP) is 2.74. The zero-order valence-corrected chi connectivity index (χ0v) is 12.2. The van der Waals surface area contributed by atoms with E-state index in [1.807, 2.05) is 60.7 Å². The highest BCUT2D eigenvalue weighted by molar-refractivity contribution is 6.04. The second-order valence-corrected chi connectivity index (χ2v) is 5.44. The first-order valence-corrected chi connectivity index (χ1v) is 7.44. The molecular weight excluding hydrogens is 276 g/mol. The lowest BCUT2D eigenvalue weighted by Crippen LogP contribution is -2.31. The third-order valence-corrected chi connectivity index (χ3v) is 3.86. The quantitative estimate of drug-likeness (QED) is 0.862. The summed E-state index contributed by atoms with van der Waals surface area (Å²) in [4.78, 5) is 25.7. The molecular formula is C18H18N2O2. The molecule has 1 N–H and O–H groups in total. The number of carbonyl (C=O) groups is 2. The third kappa shape index (κ3) is 3.17. The van der Waals surface area contributed by atoms with Gasteiger partial charge in [0.05, 0.1) is 6.54 Å². The minimum atomic E-state index is -0.420. The lowest BCUT2D eigenvalue weighted by atomic mass is 10.1. The number of urea groups is 1. The highest BCUT2D eigenvalue weighted by Crippen LogP contribution is 2.15. The van der Waals surface area contributed by atoms with Crippen molar-refractivity contribution in [2.45, 2.75) is 25.4 Å². The predicted molar refractivity (Wildman–Crippen MR) is 84.1 cm³/mol. The van der Waals surface area contributed by atoms with Crippen LogP contribution in [0.5, 0.6) is 0 Å². The summed E-state index contributed by atoms with van der Waals surface area (Å²) in [5.41, 5.74) is 2.13. The molecule has 3 amide bonds. The second kappa shape index (κ2) is 6.43. The van der Waals surface area contributed by atoms with Gasteiger partial charge in [0, 0.05) is 0 Å². The topological polar surface area (TPSA) is 49.4 Å². The van der Waals surface area contributed by atoms with Gasteiger partial charge in [-0.15, -0.1) is 0 Å². The van der Waals surface area contributed by atoms with Gasteiger partial charge in [-0.2, -0.15) is 0 Å². The van der Waals surface area contributed by atoms with Crippen molar-refractivity contribution in [3.8, 4) is 0 Å². The van der Waals surface area contributed by atoms with Gasteiger partial charge in [0.25, 0.3) is 5.91 Å². The fourth-order valence-electron chi connectivity index (χ4n) is 2.64. The van der Waals surface area contributed by atoms with Crippen LogP contribution in [0.25, 0.3) is 0 Å². The fourth-order valence-corrected chi connectivity index (χ4v) is 2.64. The lowest BCUT2D eigenvalue weighted by molar-refractivity contribution is -0.128. The lowest BCUT2D eigenvalue weighted by Gasteiger charge is -2.13. The number of nitrogens with zero attached hydrogens (tertiary/aromatic N) is 1. The molecule has 4 nitrogen and oxygen atoms in total. The van der Waals surface area contributed by atoms with Gasteiger partial charge in [-0.25, -0.2) is 4.79 Å². The van der Waals surface area contributed by atoms with Gasteiger partial charge in [0.15, 0.2) is 0 Å². The van der Waals surface area contributed by atoms with E-state index in [0.29, 0.717) is 13.0 Å². The number of aryl methyl sites for hydroxylation is 1. The van der Waals surface area contributed by atoms with Crippen LogP contribution in [0.15, 0.2) is 60.7 Å². The normalized spacial score (nSPS) is 17.6. The second-order valence-electron chi connectivity index (χ2n) is 5.44. The maximum Gasteiger partial charge on any atom is 0.325 e. The van der Waals surface area contributed by atoms with Gasteiger partial charge in [-0.05, 0) is 24.0 Å². The van der Waals surface area contributed by atoms with Gasteiger partial charge in [-0.3, -0.25) is 9.69 Å². The Hall–Kier alpha value is -2.62. The molecule has 112 valence electrons. The van der Waals surface area contributed by atoms with E-state index in [-0.39, 0.29) is 11.9 Å². The molecule has 22 heavy (non-hydrogen) atoms. The van der Waals surface area contributed by atoms with Gasteiger partial charge in [0.1, 0.15) is 6.04 Å². The maximum atomic E-state index is 12.4. The largest absolute Gasteiger partial charge is 0.326 e. The zero-order chi connectivity index (χ0) is 15.4. The summed E-state index contributed by atoms with van der Waals surface area (Å²) in [6, 6.07) is 18.8. The molecule has 0 radical (unpaired) electrons. The van der Waals surface area contributed by atoms with Crippen molar-refractivity contribution < 1.29 is 9.59 Å². The van der Waals surface area contributed by atoms with Crippen molar-refractivity contribution in [1.29, 1.82) is 0 Å². The SMILES string of the molecule is O=C1N[C@H](CCc2ccccc2)C(=O)N1Cc1ccccc1. The van der Waals surface area contributed by atoms with E-state index in [9.17, 15) is 9.59 Å². The number of benzene rings is 2. The van der Waals surface area contributed by atoms with Crippen molar-refractivity contribution >= 4 is 11.9 Å². The Bertz CT molecular complexity index is 655. The molecule has 3 rings (SSSR count). The van der Waals surface area contributed by atoms with E-state index >= 15 is 0 Å². The first-order valence-electron chi connectivity index (χ1n) is 7.44. The van der Waals surface area contributed by atoms with Crippen LogP contribution in [0.2, 0.25) is 0 Å². The monoisotopic (exact) mass is 294 g/mol. The summed E-state index contributed by atoms with van der Waals surface area (Å²) < 4.78 is 0. The van der Waals surface area contributed by atoms with Crippen LogP contribution < -0.4 is 5.32 Å². The molecule has 2 aromatic rings. The summed E-state index contributed by atoms with van der Waals surface area (Å²) >= 11 is 0. The minimum Gasteiger partial charge on any atom is -0.326 e. The Labute approximate surface area is 129 Å². The Kier molecular flexibility index (Phi) is 4.19. The minimum absolute atomic E-state index is 0.134. The number of nitrogens with one attached hydrogen (secondary N) is 1. The van der Waals surface area contributed by atoms with Crippen LogP contribution in [-0.2, 0) is 17.8 Å². The Morgan fingerprint density at radius 1 is 0.864 bits per heavy atom. The van der Waals surface area contributed by atoms with Crippen LogP contribution in [0.3, 0.4) is 0 Å². The average molecular weight is 294 g/mol. The number of rotatable bonds is 5. The molecule has 4 heteroatoms. The van der Waals surface area contributed by atoms with Crippen molar-refractivity contribution in [1.82, 2.24) is 10.2 Å². The van der Waals surface area contributed by atoms with E-state index in [1.165, 1.54) is 10.5 Å². The van der Waals surface area contributed by atoms with Gasteiger partial charge >= 0.3 is 6.03 Å². The molecule has 0 spiro atoms. The van der Waals surface area contributed by atoms with Crippen LogP contribution in [0.1, 0.15) is 17.5 Å². The third-order valence-electron chi connectivity index (χ3n) is 3.86. The van der Waals surface area contributed by atoms with E-state index in [1.54, 1.807) is 0 Å². The Morgan fingerprint density at radius 3 is 2.09 bits per heavy atom. The van der Waals surface area contributed by atoms with Crippen molar-refractivity contribution in [2.24, 2.45) is 0 Å². The molecule has 1 aliphatic rings. The van der Waals surface area contributed by atoms with E-state index in [2.05, 4.69) is 5.32 Å². The highest BCUT2D eigenvalue weighted by Gasteiger charge is 2.37. The number of amides is 3. The fraction of sp³-hybridized carbons (Fsp3) is 0.222. The molecule has 1 aliphatic heterocycles. The standard InChI is InChI=1S/C18H18N2O2/c21-17-16(12-11-14-7-3-1-4-8-14)19-18(22)20(17)13-15-9-5-2-6-10-15/h1-10,16H,11-13H2,(H,19,22)/t16-/m1/s1. The molecule has 1 fully saturated rings. The molecule has 1 atom stereocenters. The first kappa shape index (κ1) is 14.3. The molecule has 0 aromatic heterocycles. The maximum absolute atomic E-state index is 12.4. The Morgan fingerprint density at radius 2 is 1.45 bits per heavy atom.